The van der Waals surface area contributed by atoms with Crippen LogP contribution in [0.2, 0.25) is 0 Å². The first-order valence-corrected chi connectivity index (χ1v) is 9.36. The van der Waals surface area contributed by atoms with Crippen molar-refractivity contribution in [1.82, 2.24) is 15.1 Å². The summed E-state index contributed by atoms with van der Waals surface area (Å²) in [5.41, 5.74) is 1.33. The van der Waals surface area contributed by atoms with Crippen molar-refractivity contribution in [2.75, 3.05) is 33.3 Å². The molecular weight excluding hydrogens is 350 g/mol. The van der Waals surface area contributed by atoms with Gasteiger partial charge in [0, 0.05) is 25.4 Å². The van der Waals surface area contributed by atoms with Crippen LogP contribution in [-0.2, 0) is 14.3 Å². The molecule has 0 bridgehead atoms. The van der Waals surface area contributed by atoms with E-state index in [9.17, 15) is 14.4 Å². The van der Waals surface area contributed by atoms with Crippen molar-refractivity contribution in [2.24, 2.45) is 11.3 Å². The highest BCUT2D eigenvalue weighted by Gasteiger charge is 2.62. The second-order valence-corrected chi connectivity index (χ2v) is 7.82. The number of carbonyl (C=O) groups is 3. The van der Waals surface area contributed by atoms with Gasteiger partial charge in [-0.25, -0.2) is 9.59 Å². The maximum absolute atomic E-state index is 12.2. The first-order chi connectivity index (χ1) is 12.9. The van der Waals surface area contributed by atoms with Crippen LogP contribution in [0.5, 0.6) is 0 Å². The molecule has 8 heteroatoms. The zero-order valence-electron chi connectivity index (χ0n) is 15.6. The minimum Gasteiger partial charge on any atom is -0.453 e. The molecule has 0 radical (unpaired) electrons. The summed E-state index contributed by atoms with van der Waals surface area (Å²) in [6.07, 6.45) is 7.29. The summed E-state index contributed by atoms with van der Waals surface area (Å²) in [6, 6.07) is -0.0321. The highest BCUT2D eigenvalue weighted by Crippen LogP contribution is 2.63. The molecule has 2 heterocycles. The molecule has 1 N–H and O–H groups in total. The Kier molecular flexibility index (Phi) is 4.36. The Morgan fingerprint density at radius 1 is 1.41 bits per heavy atom. The fourth-order valence-corrected chi connectivity index (χ4v) is 4.58. The predicted octanol–water partition coefficient (Wildman–Crippen LogP) is 1.29. The topological polar surface area (TPSA) is 88.2 Å². The number of fused-ring (bicyclic) bond motifs is 1. The van der Waals surface area contributed by atoms with Crippen molar-refractivity contribution in [3.05, 3.63) is 23.8 Å². The van der Waals surface area contributed by atoms with Gasteiger partial charge in [-0.1, -0.05) is 18.2 Å². The second kappa shape index (κ2) is 6.58. The molecule has 1 unspecified atom stereocenters. The SMILES string of the molecule is COC(=O)N1C[C@@H]2C[C@]2(C2=CCC(N3C[C@H](CNC(C)=O)OC3=O)C=C2)C1. The summed E-state index contributed by atoms with van der Waals surface area (Å²) in [7, 11) is 1.41. The third-order valence-electron chi connectivity index (χ3n) is 6.11. The molecule has 0 aromatic carbocycles. The number of ether oxygens (including phenoxy) is 2. The van der Waals surface area contributed by atoms with E-state index in [0.29, 0.717) is 25.6 Å². The van der Waals surface area contributed by atoms with E-state index in [-0.39, 0.29) is 35.7 Å². The standard InChI is InChI=1S/C19H25N3O5/c1-12(23)20-8-16-10-22(18(25)27-16)15-5-3-13(4-6-15)19-7-14(19)9-21(11-19)17(24)26-2/h3-5,14-16H,6-11H2,1-2H3,(H,20,23)/t14-,15?,16-,19+/m0/s1. The van der Waals surface area contributed by atoms with Crippen LogP contribution in [-0.4, -0.2) is 73.3 Å². The van der Waals surface area contributed by atoms with E-state index in [1.165, 1.54) is 19.6 Å². The number of nitrogens with zero attached hydrogens (tertiary/aromatic N) is 2. The van der Waals surface area contributed by atoms with Gasteiger partial charge in [0.25, 0.3) is 0 Å². The quantitative estimate of drug-likeness (QED) is 0.800. The molecule has 4 rings (SSSR count). The molecule has 1 saturated carbocycles. The van der Waals surface area contributed by atoms with Gasteiger partial charge in [-0.2, -0.15) is 0 Å². The summed E-state index contributed by atoms with van der Waals surface area (Å²) in [5.74, 6) is 0.369. The van der Waals surface area contributed by atoms with E-state index >= 15 is 0 Å². The molecule has 146 valence electrons. The molecule has 0 aromatic heterocycles. The maximum Gasteiger partial charge on any atom is 0.410 e. The van der Waals surface area contributed by atoms with Crippen LogP contribution >= 0.6 is 0 Å². The van der Waals surface area contributed by atoms with Gasteiger partial charge in [0.15, 0.2) is 0 Å². The number of rotatable bonds is 4. The smallest absolute Gasteiger partial charge is 0.410 e. The van der Waals surface area contributed by atoms with Crippen LogP contribution in [0.4, 0.5) is 9.59 Å². The molecule has 2 saturated heterocycles. The van der Waals surface area contributed by atoms with Crippen molar-refractivity contribution in [2.45, 2.75) is 31.9 Å². The normalized spacial score (nSPS) is 34.1. The monoisotopic (exact) mass is 375 g/mol. The van der Waals surface area contributed by atoms with Crippen LogP contribution in [0, 0.1) is 11.3 Å². The number of likely N-dealkylation sites (tertiary alicyclic amines) is 1. The van der Waals surface area contributed by atoms with E-state index < -0.39 is 0 Å². The molecule has 0 aromatic rings. The van der Waals surface area contributed by atoms with Gasteiger partial charge in [-0.15, -0.1) is 0 Å². The fraction of sp³-hybridized carbons (Fsp3) is 0.632. The first-order valence-electron chi connectivity index (χ1n) is 9.36. The van der Waals surface area contributed by atoms with E-state index in [2.05, 4.69) is 23.5 Å². The Balaban J connectivity index is 1.35. The first kappa shape index (κ1) is 17.9. The number of allylic oxidation sites excluding steroid dienone is 1. The minimum absolute atomic E-state index is 0.0321. The summed E-state index contributed by atoms with van der Waals surface area (Å²) in [4.78, 5) is 38.5. The molecule has 4 aliphatic rings. The number of carbonyl (C=O) groups excluding carboxylic acids is 3. The highest BCUT2D eigenvalue weighted by molar-refractivity contribution is 5.73. The molecule has 2 aliphatic carbocycles. The fourth-order valence-electron chi connectivity index (χ4n) is 4.58. The van der Waals surface area contributed by atoms with Gasteiger partial charge >= 0.3 is 12.2 Å². The number of piperidine rings is 1. The van der Waals surface area contributed by atoms with Gasteiger partial charge in [0.2, 0.25) is 5.91 Å². The lowest BCUT2D eigenvalue weighted by Crippen LogP contribution is -2.38. The maximum atomic E-state index is 12.2. The molecule has 2 aliphatic heterocycles. The van der Waals surface area contributed by atoms with Crippen LogP contribution in [0.15, 0.2) is 23.8 Å². The Morgan fingerprint density at radius 3 is 2.89 bits per heavy atom. The van der Waals surface area contributed by atoms with Gasteiger partial charge < -0.3 is 19.7 Å². The van der Waals surface area contributed by atoms with Crippen molar-refractivity contribution < 1.29 is 23.9 Å². The van der Waals surface area contributed by atoms with Crippen LogP contribution in [0.1, 0.15) is 19.8 Å². The minimum atomic E-state index is -0.336. The number of nitrogens with one attached hydrogen (secondary N) is 1. The van der Waals surface area contributed by atoms with Crippen LogP contribution in [0.3, 0.4) is 0 Å². The molecule has 8 nitrogen and oxygen atoms in total. The highest BCUT2D eigenvalue weighted by atomic mass is 16.6. The van der Waals surface area contributed by atoms with Gasteiger partial charge in [0.05, 0.1) is 26.2 Å². The lowest BCUT2D eigenvalue weighted by atomic mass is 9.88. The number of amides is 3. The van der Waals surface area contributed by atoms with E-state index in [0.717, 1.165) is 19.4 Å². The number of hydrogen-bond acceptors (Lipinski definition) is 5. The van der Waals surface area contributed by atoms with Gasteiger partial charge in [-0.05, 0) is 24.3 Å². The van der Waals surface area contributed by atoms with E-state index in [1.54, 1.807) is 9.80 Å². The average Bonchev–Trinajstić information content (AvgIpc) is 3.03. The molecule has 3 fully saturated rings. The summed E-state index contributed by atoms with van der Waals surface area (Å²) in [6.45, 7) is 3.71. The van der Waals surface area contributed by atoms with Gasteiger partial charge in [-0.3, -0.25) is 9.69 Å². The second-order valence-electron chi connectivity index (χ2n) is 7.82. The van der Waals surface area contributed by atoms with E-state index in [1.807, 2.05) is 0 Å². The molecule has 3 amide bonds. The third kappa shape index (κ3) is 3.17. The predicted molar refractivity (Wildman–Crippen MR) is 95.8 cm³/mol. The number of hydrogen-bond donors (Lipinski definition) is 1. The lowest BCUT2D eigenvalue weighted by Gasteiger charge is -2.27. The molecule has 27 heavy (non-hydrogen) atoms. The number of methoxy groups -OCH3 is 1. The lowest BCUT2D eigenvalue weighted by molar-refractivity contribution is -0.119. The molecule has 0 spiro atoms. The van der Waals surface area contributed by atoms with Crippen molar-refractivity contribution >= 4 is 18.1 Å². The van der Waals surface area contributed by atoms with Crippen molar-refractivity contribution in [1.29, 1.82) is 0 Å². The number of cyclic esters (lactones) is 1. The average molecular weight is 375 g/mol. The zero-order valence-corrected chi connectivity index (χ0v) is 15.6. The third-order valence-corrected chi connectivity index (χ3v) is 6.11. The summed E-state index contributed by atoms with van der Waals surface area (Å²) >= 11 is 0. The van der Waals surface area contributed by atoms with E-state index in [4.69, 9.17) is 9.47 Å². The Labute approximate surface area is 158 Å². The Bertz CT molecular complexity index is 733. The van der Waals surface area contributed by atoms with Gasteiger partial charge in [0.1, 0.15) is 6.10 Å². The van der Waals surface area contributed by atoms with Crippen LogP contribution < -0.4 is 5.32 Å². The van der Waals surface area contributed by atoms with Crippen molar-refractivity contribution in [3.8, 4) is 0 Å². The van der Waals surface area contributed by atoms with Crippen molar-refractivity contribution in [3.63, 3.8) is 0 Å². The summed E-state index contributed by atoms with van der Waals surface area (Å²) in [5, 5.41) is 2.69. The Hall–Kier alpha value is -2.51. The zero-order chi connectivity index (χ0) is 19.2. The summed E-state index contributed by atoms with van der Waals surface area (Å²) < 4.78 is 10.2. The largest absolute Gasteiger partial charge is 0.453 e. The molecule has 4 atom stereocenters. The molecular formula is C19H25N3O5. The van der Waals surface area contributed by atoms with Crippen LogP contribution in [0.25, 0.3) is 0 Å². The Morgan fingerprint density at radius 2 is 2.22 bits per heavy atom.